The van der Waals surface area contributed by atoms with E-state index in [0.717, 1.165) is 59.2 Å². The van der Waals surface area contributed by atoms with Gasteiger partial charge in [-0.3, -0.25) is 24.7 Å². The Morgan fingerprint density at radius 3 is 2.39 bits per heavy atom. The largest absolute Gasteiger partial charge is 0.442 e. The molecule has 2 atom stereocenters. The molecule has 4 N–H and O–H groups in total. The van der Waals surface area contributed by atoms with Gasteiger partial charge in [-0.25, -0.2) is 19.3 Å². The van der Waals surface area contributed by atoms with Crippen molar-refractivity contribution < 1.29 is 33.4 Å². The number of amides is 5. The van der Waals surface area contributed by atoms with Gasteiger partial charge in [0.05, 0.1) is 10.9 Å². The Bertz CT molecular complexity index is 2340. The van der Waals surface area contributed by atoms with E-state index in [1.54, 1.807) is 61.2 Å². The second-order valence-corrected chi connectivity index (χ2v) is 18.4. The highest BCUT2D eigenvalue weighted by atomic mass is 16.6. The van der Waals surface area contributed by atoms with Crippen LogP contribution in [0.4, 0.5) is 21.1 Å². The number of carbonyl (C=O) groups excluding carboxylic acids is 5. The number of likely N-dealkylation sites (tertiary alicyclic amines) is 1. The van der Waals surface area contributed by atoms with E-state index in [2.05, 4.69) is 41.2 Å². The third kappa shape index (κ3) is 10.1. The smallest absolute Gasteiger partial charge is 0.413 e. The first-order valence-corrected chi connectivity index (χ1v) is 22.3. The lowest BCUT2D eigenvalue weighted by Gasteiger charge is -2.43. The number of rotatable bonds is 11. The number of hydrogen-bond donors (Lipinski definition) is 4. The molecule has 7 heterocycles. The van der Waals surface area contributed by atoms with Crippen LogP contribution in [0.2, 0.25) is 0 Å². The molecule has 18 heteroatoms. The van der Waals surface area contributed by atoms with Crippen LogP contribution in [0.3, 0.4) is 0 Å². The van der Waals surface area contributed by atoms with Gasteiger partial charge >= 0.3 is 18.1 Å². The number of carbonyl (C=O) groups is 5. The molecule has 8 rings (SSSR count). The third-order valence-electron chi connectivity index (χ3n) is 12.8. The number of aromatic nitrogens is 4. The van der Waals surface area contributed by atoms with Gasteiger partial charge in [-0.1, -0.05) is 6.07 Å². The molecule has 64 heavy (non-hydrogen) atoms. The summed E-state index contributed by atoms with van der Waals surface area (Å²) in [5, 5.41) is 17.7. The predicted molar refractivity (Wildman–Crippen MR) is 238 cm³/mol. The summed E-state index contributed by atoms with van der Waals surface area (Å²) in [5.41, 5.74) is 2.54. The fraction of sp³-hybridized carbons (Fsp3) is 0.522. The van der Waals surface area contributed by atoms with Gasteiger partial charge < -0.3 is 40.1 Å². The SMILES string of the molecule is Cc1cc(C[C@@H](NC(=O)N2CCC3(CC2)OC(=O)Nc2ncccc23)C(=O)N[C@@H](CC2CCNCC2)C(=O)N2CCN(c3ccncc3)CC2)cc2cn(COC(=O)C(C)(C)C)nc12. The van der Waals surface area contributed by atoms with Gasteiger partial charge in [0.15, 0.2) is 6.73 Å². The van der Waals surface area contributed by atoms with Crippen LogP contribution < -0.4 is 26.2 Å². The molecule has 3 fully saturated rings. The average molecular weight is 878 g/mol. The van der Waals surface area contributed by atoms with Gasteiger partial charge in [0, 0.05) is 100.0 Å². The van der Waals surface area contributed by atoms with Crippen molar-refractivity contribution in [1.82, 2.24) is 45.5 Å². The van der Waals surface area contributed by atoms with Crippen LogP contribution in [0, 0.1) is 18.3 Å². The van der Waals surface area contributed by atoms with E-state index in [9.17, 15) is 24.0 Å². The number of nitrogens with zero attached hydrogens (tertiary/aromatic N) is 7. The van der Waals surface area contributed by atoms with Crippen LogP contribution in [-0.4, -0.2) is 124 Å². The molecule has 1 aromatic carbocycles. The Morgan fingerprint density at radius 2 is 1.67 bits per heavy atom. The molecule has 0 radical (unpaired) electrons. The summed E-state index contributed by atoms with van der Waals surface area (Å²) >= 11 is 0. The summed E-state index contributed by atoms with van der Waals surface area (Å²) in [6.45, 7) is 11.7. The maximum atomic E-state index is 14.8. The third-order valence-corrected chi connectivity index (χ3v) is 12.8. The molecule has 0 unspecified atom stereocenters. The summed E-state index contributed by atoms with van der Waals surface area (Å²) in [7, 11) is 0. The number of urea groups is 1. The predicted octanol–water partition coefficient (Wildman–Crippen LogP) is 4.08. The van der Waals surface area contributed by atoms with E-state index >= 15 is 0 Å². The highest BCUT2D eigenvalue weighted by Gasteiger charge is 2.46. The van der Waals surface area contributed by atoms with Gasteiger partial charge in [0.2, 0.25) is 11.8 Å². The van der Waals surface area contributed by atoms with Crippen molar-refractivity contribution >= 4 is 52.3 Å². The number of aryl methyl sites for hydroxylation is 1. The molecule has 4 aliphatic heterocycles. The first-order valence-electron chi connectivity index (χ1n) is 22.3. The van der Waals surface area contributed by atoms with Crippen LogP contribution in [-0.2, 0) is 42.6 Å². The second kappa shape index (κ2) is 18.8. The van der Waals surface area contributed by atoms with Crippen molar-refractivity contribution in [2.75, 3.05) is 62.6 Å². The number of piperazine rings is 1. The molecule has 340 valence electrons. The van der Waals surface area contributed by atoms with Gasteiger partial charge in [0.25, 0.3) is 0 Å². The fourth-order valence-corrected chi connectivity index (χ4v) is 9.22. The molecule has 3 saturated heterocycles. The maximum absolute atomic E-state index is 14.8. The Morgan fingerprint density at radius 1 is 0.938 bits per heavy atom. The van der Waals surface area contributed by atoms with E-state index in [-0.39, 0.29) is 44.0 Å². The van der Waals surface area contributed by atoms with Crippen LogP contribution >= 0.6 is 0 Å². The number of esters is 1. The van der Waals surface area contributed by atoms with Crippen molar-refractivity contribution in [3.8, 4) is 0 Å². The minimum atomic E-state index is -1.06. The average Bonchev–Trinajstić information content (AvgIpc) is 3.71. The molecule has 4 aliphatic rings. The van der Waals surface area contributed by atoms with Crippen LogP contribution in [0.5, 0.6) is 0 Å². The lowest BCUT2D eigenvalue weighted by atomic mass is 9.83. The van der Waals surface area contributed by atoms with E-state index < -0.39 is 41.1 Å². The number of anilines is 2. The van der Waals surface area contributed by atoms with Crippen LogP contribution in [0.15, 0.2) is 61.2 Å². The lowest BCUT2D eigenvalue weighted by Crippen LogP contribution is -2.59. The van der Waals surface area contributed by atoms with Crippen LogP contribution in [0.25, 0.3) is 10.9 Å². The fourth-order valence-electron chi connectivity index (χ4n) is 9.22. The molecule has 3 aromatic heterocycles. The first-order chi connectivity index (χ1) is 30.7. The summed E-state index contributed by atoms with van der Waals surface area (Å²) < 4.78 is 13.0. The zero-order valence-corrected chi connectivity index (χ0v) is 37.1. The van der Waals surface area contributed by atoms with E-state index in [1.807, 2.05) is 42.2 Å². The molecule has 4 aromatic rings. The second-order valence-electron chi connectivity index (χ2n) is 18.4. The Labute approximate surface area is 372 Å². The quantitative estimate of drug-likeness (QED) is 0.158. The number of fused-ring (bicyclic) bond motifs is 3. The van der Waals surface area contributed by atoms with Gasteiger partial charge in [-0.2, -0.15) is 5.10 Å². The van der Waals surface area contributed by atoms with Gasteiger partial charge in [0.1, 0.15) is 23.5 Å². The van der Waals surface area contributed by atoms with E-state index in [4.69, 9.17) is 9.47 Å². The highest BCUT2D eigenvalue weighted by molar-refractivity contribution is 5.93. The molecule has 5 amide bonds. The summed E-state index contributed by atoms with van der Waals surface area (Å²) in [6, 6.07) is 9.16. The molecule has 0 aliphatic carbocycles. The molecule has 0 saturated carbocycles. The topological polar surface area (TPSA) is 205 Å². The minimum absolute atomic E-state index is 0.0547. The number of pyridine rings is 2. The van der Waals surface area contributed by atoms with Gasteiger partial charge in [-0.15, -0.1) is 0 Å². The molecular weight excluding hydrogens is 819 g/mol. The van der Waals surface area contributed by atoms with E-state index in [1.165, 1.54) is 0 Å². The minimum Gasteiger partial charge on any atom is -0.442 e. The summed E-state index contributed by atoms with van der Waals surface area (Å²) in [6.07, 6.45) is 9.40. The van der Waals surface area contributed by atoms with Crippen molar-refractivity contribution in [1.29, 1.82) is 0 Å². The molecule has 1 spiro atoms. The zero-order valence-electron chi connectivity index (χ0n) is 37.1. The Kier molecular flexibility index (Phi) is 13.0. The Hall–Kier alpha value is -6.30. The first kappa shape index (κ1) is 44.3. The summed E-state index contributed by atoms with van der Waals surface area (Å²) in [5.74, 6) is -0.256. The monoisotopic (exact) mass is 877 g/mol. The molecular formula is C46H59N11O7. The van der Waals surface area contributed by atoms with Crippen molar-refractivity contribution in [3.05, 3.63) is 77.9 Å². The maximum Gasteiger partial charge on any atom is 0.413 e. The number of nitrogens with one attached hydrogen (secondary N) is 4. The molecule has 18 nitrogen and oxygen atoms in total. The van der Waals surface area contributed by atoms with Crippen molar-refractivity contribution in [3.63, 3.8) is 0 Å². The number of hydrogen-bond acceptors (Lipinski definition) is 12. The Balaban J connectivity index is 1.02. The number of ether oxygens (including phenoxy) is 2. The number of benzene rings is 1. The van der Waals surface area contributed by atoms with Crippen molar-refractivity contribution in [2.45, 2.75) is 90.6 Å². The lowest BCUT2D eigenvalue weighted by molar-refractivity contribution is -0.157. The van der Waals surface area contributed by atoms with E-state index in [0.29, 0.717) is 51.3 Å². The standard InChI is InChI=1S/C46H59N11O7/c1-30-24-32(25-33-28-57(53-38(30)33)29-63-42(60)45(2,3)4)27-36(51-43(61)56-18-11-46(12-19-56)35-6-5-13-49-39(35)52-44(62)64-46)40(58)50-37(26-31-7-14-47-15-8-31)41(59)55-22-20-54(21-23-55)34-9-16-48-17-10-34/h5-6,9-10,13,16-17,24-25,28,31,36-37,47H,7-8,11-12,14-15,18-23,26-27,29H2,1-4H3,(H,50,58)(H,51,61)(H,49,52,62)/t36-,37+/m1/s1. The van der Waals surface area contributed by atoms with Crippen molar-refractivity contribution in [2.24, 2.45) is 11.3 Å². The van der Waals surface area contributed by atoms with Crippen LogP contribution in [0.1, 0.15) is 69.6 Å². The normalized spacial score (nSPS) is 18.7. The van der Waals surface area contributed by atoms with Gasteiger partial charge in [-0.05, 0) is 107 Å². The zero-order chi connectivity index (χ0) is 45.0. The summed E-state index contributed by atoms with van der Waals surface area (Å²) in [4.78, 5) is 82.8. The molecule has 0 bridgehead atoms. The number of piperidine rings is 2. The highest BCUT2D eigenvalue weighted by Crippen LogP contribution is 2.42.